The normalized spacial score (nSPS) is 11.8. The number of quaternary nitrogens is 1. The number of ether oxygens (including phenoxy) is 3. The number of methoxy groups -OCH3 is 2. The van der Waals surface area contributed by atoms with Gasteiger partial charge in [-0.25, -0.2) is 0 Å². The number of hydrogen-bond donors (Lipinski definition) is 2. The molecule has 0 aliphatic carbocycles. The van der Waals surface area contributed by atoms with Crippen LogP contribution in [0.15, 0.2) is 42.5 Å². The van der Waals surface area contributed by atoms with E-state index in [-0.39, 0.29) is 24.0 Å². The highest BCUT2D eigenvalue weighted by Gasteiger charge is 2.15. The lowest BCUT2D eigenvalue weighted by atomic mass is 10.2. The second-order valence-electron chi connectivity index (χ2n) is 6.26. The molecule has 2 N–H and O–H groups in total. The molecule has 2 rings (SSSR count). The molecule has 2 aromatic carbocycles. The third kappa shape index (κ3) is 6.38. The van der Waals surface area contributed by atoms with Crippen LogP contribution in [-0.2, 0) is 17.9 Å². The zero-order valence-electron chi connectivity index (χ0n) is 16.1. The molecule has 0 aromatic heterocycles. The van der Waals surface area contributed by atoms with Gasteiger partial charge in [0.1, 0.15) is 12.3 Å². The zero-order valence-corrected chi connectivity index (χ0v) is 16.1. The number of para-hydroxylation sites is 1. The van der Waals surface area contributed by atoms with Crippen molar-refractivity contribution >= 4 is 5.91 Å². The Bertz CT molecular complexity index is 787. The topological polar surface area (TPSA) is 61.2 Å². The Morgan fingerprint density at radius 2 is 1.79 bits per heavy atom. The molecular formula is C20H25F2N2O4+. The van der Waals surface area contributed by atoms with Gasteiger partial charge in [0.2, 0.25) is 0 Å². The van der Waals surface area contributed by atoms with Gasteiger partial charge < -0.3 is 24.4 Å². The van der Waals surface area contributed by atoms with Crippen LogP contribution in [0.2, 0.25) is 0 Å². The van der Waals surface area contributed by atoms with E-state index in [1.54, 1.807) is 19.2 Å². The molecule has 2 aromatic rings. The summed E-state index contributed by atoms with van der Waals surface area (Å²) in [4.78, 5) is 13.1. The van der Waals surface area contributed by atoms with Crippen molar-refractivity contribution in [1.29, 1.82) is 0 Å². The monoisotopic (exact) mass is 395 g/mol. The molecule has 0 saturated carbocycles. The summed E-state index contributed by atoms with van der Waals surface area (Å²) in [5.74, 6) is 0.828. The predicted molar refractivity (Wildman–Crippen MR) is 99.9 cm³/mol. The summed E-state index contributed by atoms with van der Waals surface area (Å²) < 4.78 is 39.6. The fraction of sp³-hybridized carbons (Fsp3) is 0.350. The molecule has 0 spiro atoms. The van der Waals surface area contributed by atoms with Crippen LogP contribution in [0.5, 0.6) is 17.2 Å². The van der Waals surface area contributed by atoms with Gasteiger partial charge in [0.25, 0.3) is 5.91 Å². The third-order valence-electron chi connectivity index (χ3n) is 4.08. The number of halogens is 2. The number of carbonyl (C=O) groups excluding carboxylic acids is 1. The molecule has 6 nitrogen and oxygen atoms in total. The number of likely N-dealkylation sites (N-methyl/N-ethyl adjacent to an activating group) is 1. The maximum Gasteiger partial charge on any atom is 0.387 e. The lowest BCUT2D eigenvalue weighted by Crippen LogP contribution is -3.08. The molecular weight excluding hydrogens is 370 g/mol. The first kappa shape index (κ1) is 21.4. The quantitative estimate of drug-likeness (QED) is 0.642. The van der Waals surface area contributed by atoms with Gasteiger partial charge in [0, 0.05) is 17.7 Å². The fourth-order valence-electron chi connectivity index (χ4n) is 2.81. The molecule has 0 heterocycles. The average Bonchev–Trinajstić information content (AvgIpc) is 2.67. The zero-order chi connectivity index (χ0) is 20.5. The van der Waals surface area contributed by atoms with Crippen molar-refractivity contribution in [2.45, 2.75) is 19.7 Å². The van der Waals surface area contributed by atoms with E-state index >= 15 is 0 Å². The first-order valence-electron chi connectivity index (χ1n) is 8.74. The molecule has 8 heteroatoms. The highest BCUT2D eigenvalue weighted by atomic mass is 19.3. The van der Waals surface area contributed by atoms with Crippen molar-refractivity contribution in [1.82, 2.24) is 5.32 Å². The van der Waals surface area contributed by atoms with Crippen LogP contribution in [0.25, 0.3) is 0 Å². The van der Waals surface area contributed by atoms with Crippen molar-refractivity contribution in [2.75, 3.05) is 27.8 Å². The Labute approximate surface area is 163 Å². The number of hydrogen-bond acceptors (Lipinski definition) is 4. The molecule has 0 radical (unpaired) electrons. The summed E-state index contributed by atoms with van der Waals surface area (Å²) >= 11 is 0. The minimum atomic E-state index is -2.92. The highest BCUT2D eigenvalue weighted by molar-refractivity contribution is 5.76. The maximum absolute atomic E-state index is 12.4. The van der Waals surface area contributed by atoms with E-state index in [9.17, 15) is 13.6 Å². The molecule has 0 aliphatic heterocycles. The van der Waals surface area contributed by atoms with Gasteiger partial charge in [0.15, 0.2) is 18.0 Å². The Morgan fingerprint density at radius 3 is 2.46 bits per heavy atom. The Balaban J connectivity index is 1.89. The van der Waals surface area contributed by atoms with Crippen LogP contribution in [-0.4, -0.2) is 40.3 Å². The molecule has 1 amide bonds. The van der Waals surface area contributed by atoms with E-state index in [0.29, 0.717) is 13.1 Å². The smallest absolute Gasteiger partial charge is 0.387 e. The van der Waals surface area contributed by atoms with Gasteiger partial charge in [-0.1, -0.05) is 18.2 Å². The third-order valence-corrected chi connectivity index (χ3v) is 4.08. The minimum absolute atomic E-state index is 0.0199. The van der Waals surface area contributed by atoms with E-state index in [1.165, 1.54) is 13.2 Å². The number of benzene rings is 2. The molecule has 0 bridgehead atoms. The average molecular weight is 395 g/mol. The lowest BCUT2D eigenvalue weighted by molar-refractivity contribution is -0.885. The highest BCUT2D eigenvalue weighted by Crippen LogP contribution is 2.29. The Morgan fingerprint density at radius 1 is 1.07 bits per heavy atom. The van der Waals surface area contributed by atoms with Gasteiger partial charge in [-0.2, -0.15) is 8.78 Å². The first-order valence-corrected chi connectivity index (χ1v) is 8.74. The number of amides is 1. The second kappa shape index (κ2) is 10.5. The molecule has 0 fully saturated rings. The van der Waals surface area contributed by atoms with Gasteiger partial charge in [-0.3, -0.25) is 4.79 Å². The minimum Gasteiger partial charge on any atom is -0.496 e. The molecule has 0 saturated heterocycles. The maximum atomic E-state index is 12.4. The summed E-state index contributed by atoms with van der Waals surface area (Å²) in [5, 5.41) is 2.88. The van der Waals surface area contributed by atoms with Crippen molar-refractivity contribution in [3.8, 4) is 17.2 Å². The van der Waals surface area contributed by atoms with E-state index in [4.69, 9.17) is 9.47 Å². The van der Waals surface area contributed by atoms with Gasteiger partial charge in [0.05, 0.1) is 21.3 Å². The summed E-state index contributed by atoms with van der Waals surface area (Å²) in [5.41, 5.74) is 1.74. The summed E-state index contributed by atoms with van der Waals surface area (Å²) in [6.07, 6.45) is 0. The van der Waals surface area contributed by atoms with Gasteiger partial charge in [-0.15, -0.1) is 0 Å². The second-order valence-corrected chi connectivity index (χ2v) is 6.26. The van der Waals surface area contributed by atoms with Crippen LogP contribution < -0.4 is 24.4 Å². The summed E-state index contributed by atoms with van der Waals surface area (Å²) in [6.45, 7) is -1.76. The molecule has 1 unspecified atom stereocenters. The fourth-order valence-corrected chi connectivity index (χ4v) is 2.81. The number of alkyl halides is 2. The standard InChI is InChI=1S/C20H24F2N2O4/c1-24(12-14-8-9-17(28-20(21)22)18(10-14)27-3)13-19(25)23-11-15-6-4-5-7-16(15)26-2/h4-10,20H,11-13H2,1-3H3,(H,23,25)/p+1. The summed E-state index contributed by atoms with van der Waals surface area (Å²) in [7, 11) is 4.85. The SMILES string of the molecule is COc1ccccc1CNC(=O)C[NH+](C)Cc1ccc(OC(F)F)c(OC)c1. The predicted octanol–water partition coefficient (Wildman–Crippen LogP) is 1.64. The number of carbonyl (C=O) groups is 1. The lowest BCUT2D eigenvalue weighted by Gasteiger charge is -2.16. The van der Waals surface area contributed by atoms with Crippen LogP contribution >= 0.6 is 0 Å². The Hall–Kier alpha value is -2.87. The van der Waals surface area contributed by atoms with Crippen LogP contribution in [0.4, 0.5) is 8.78 Å². The number of nitrogens with one attached hydrogen (secondary N) is 2. The van der Waals surface area contributed by atoms with Crippen molar-refractivity contribution in [3.63, 3.8) is 0 Å². The van der Waals surface area contributed by atoms with Crippen molar-refractivity contribution in [2.24, 2.45) is 0 Å². The molecule has 0 aliphatic rings. The van der Waals surface area contributed by atoms with Crippen LogP contribution in [0.3, 0.4) is 0 Å². The molecule has 1 atom stereocenters. The van der Waals surface area contributed by atoms with Crippen LogP contribution in [0, 0.1) is 0 Å². The summed E-state index contributed by atoms with van der Waals surface area (Å²) in [6, 6.07) is 12.2. The largest absolute Gasteiger partial charge is 0.496 e. The first-order chi connectivity index (χ1) is 13.4. The van der Waals surface area contributed by atoms with E-state index < -0.39 is 6.61 Å². The Kier molecular flexibility index (Phi) is 8.01. The molecule has 28 heavy (non-hydrogen) atoms. The molecule has 152 valence electrons. The van der Waals surface area contributed by atoms with Crippen LogP contribution in [0.1, 0.15) is 11.1 Å². The van der Waals surface area contributed by atoms with E-state index in [2.05, 4.69) is 10.1 Å². The van der Waals surface area contributed by atoms with Crippen molar-refractivity contribution in [3.05, 3.63) is 53.6 Å². The van der Waals surface area contributed by atoms with Gasteiger partial charge in [-0.05, 0) is 24.3 Å². The van der Waals surface area contributed by atoms with E-state index in [0.717, 1.165) is 21.8 Å². The van der Waals surface area contributed by atoms with Gasteiger partial charge >= 0.3 is 6.61 Å². The van der Waals surface area contributed by atoms with Crippen molar-refractivity contribution < 1.29 is 32.7 Å². The van der Waals surface area contributed by atoms with E-state index in [1.807, 2.05) is 31.3 Å². The number of rotatable bonds is 10.